The Morgan fingerprint density at radius 2 is 1.20 bits per heavy atom. The third-order valence-electron chi connectivity index (χ3n) is 5.96. The summed E-state index contributed by atoms with van der Waals surface area (Å²) in [7, 11) is 0. The van der Waals surface area contributed by atoms with Crippen molar-refractivity contribution in [1.29, 1.82) is 0 Å². The average molecular weight is 639 g/mol. The zero-order valence-corrected chi connectivity index (χ0v) is 24.4. The molecule has 0 aliphatic rings. The maximum atomic E-state index is 13.2. The van der Waals surface area contributed by atoms with Gasteiger partial charge in [-0.3, -0.25) is 48.5 Å². The topological polar surface area (TPSA) is 301 Å². The van der Waals surface area contributed by atoms with Crippen molar-refractivity contribution in [2.75, 3.05) is 5.32 Å². The number of nitrogens with one attached hydrogen (secondary N) is 5. The second-order valence-electron chi connectivity index (χ2n) is 10.0. The normalized spacial score (nSPS) is 13.2. The minimum Gasteiger partial charge on any atom is -0.481 e. The molecule has 19 heteroatoms. The van der Waals surface area contributed by atoms with Gasteiger partial charge in [0.15, 0.2) is 0 Å². The number of nitro groups is 1. The predicted octanol–water partition coefficient (Wildman–Crippen LogP) is -1.04. The molecule has 1 aromatic carbocycles. The number of carboxylic acids is 3. The van der Waals surface area contributed by atoms with E-state index in [4.69, 9.17) is 10.2 Å². The van der Waals surface area contributed by atoms with Crippen LogP contribution in [0.2, 0.25) is 0 Å². The highest BCUT2D eigenvalue weighted by molar-refractivity contribution is 6.01. The van der Waals surface area contributed by atoms with Crippen LogP contribution < -0.4 is 26.6 Å². The van der Waals surface area contributed by atoms with Gasteiger partial charge in [-0.1, -0.05) is 13.8 Å². The number of non-ortho nitro benzene ring substituents is 1. The third kappa shape index (κ3) is 13.5. The fourth-order valence-electron chi connectivity index (χ4n) is 3.77. The van der Waals surface area contributed by atoms with E-state index in [1.54, 1.807) is 0 Å². The van der Waals surface area contributed by atoms with Gasteiger partial charge in [-0.15, -0.1) is 0 Å². The second kappa shape index (κ2) is 17.5. The molecule has 0 saturated heterocycles. The lowest BCUT2D eigenvalue weighted by molar-refractivity contribution is -0.384. The van der Waals surface area contributed by atoms with Crippen molar-refractivity contribution in [3.8, 4) is 0 Å². The lowest BCUT2D eigenvalue weighted by Crippen LogP contribution is -2.59. The Hall–Kier alpha value is -5.62. The molecule has 45 heavy (non-hydrogen) atoms. The molecule has 0 bridgehead atoms. The van der Waals surface area contributed by atoms with Crippen LogP contribution in [0.1, 0.15) is 46.5 Å². The standard InChI is InChI=1S/C26H34N6O13/c1-12(2)22(26(43)30-18(11-21(38)39)24(41)28-14-4-6-15(7-5-14)32(44)45)31-23(40)16(8-9-19(34)35)29-25(42)17(10-20(36)37)27-13(3)33/h4-7,12,16-18,22H,8-11H2,1-3H3,(H,27,33)(H,28,41)(H,29,42)(H,30,43)(H,31,40)(H,34,35)(H,36,37)(H,38,39)/t16-,17+,18-,22+/m0/s1. The van der Waals surface area contributed by atoms with E-state index in [0.717, 1.165) is 19.1 Å². The summed E-state index contributed by atoms with van der Waals surface area (Å²) < 4.78 is 0. The van der Waals surface area contributed by atoms with Gasteiger partial charge in [0, 0.05) is 31.2 Å². The van der Waals surface area contributed by atoms with Crippen molar-refractivity contribution in [1.82, 2.24) is 21.3 Å². The molecular formula is C26H34N6O13. The molecule has 1 aromatic rings. The monoisotopic (exact) mass is 638 g/mol. The summed E-state index contributed by atoms with van der Waals surface area (Å²) >= 11 is 0. The number of carboxylic acid groups (broad SMARTS) is 3. The first-order valence-corrected chi connectivity index (χ1v) is 13.3. The molecule has 0 unspecified atom stereocenters. The lowest BCUT2D eigenvalue weighted by atomic mass is 10.0. The zero-order valence-electron chi connectivity index (χ0n) is 24.4. The van der Waals surface area contributed by atoms with Gasteiger partial charge in [0.25, 0.3) is 5.69 Å². The van der Waals surface area contributed by atoms with E-state index in [0.29, 0.717) is 0 Å². The maximum Gasteiger partial charge on any atom is 0.305 e. The summed E-state index contributed by atoms with van der Waals surface area (Å²) in [6.07, 6.45) is -2.89. The number of amides is 5. The van der Waals surface area contributed by atoms with Crippen molar-refractivity contribution in [3.63, 3.8) is 0 Å². The number of nitro benzene ring substituents is 1. The minimum atomic E-state index is -1.68. The Kier molecular flexibility index (Phi) is 14.5. The van der Waals surface area contributed by atoms with Gasteiger partial charge in [0.2, 0.25) is 29.5 Å². The van der Waals surface area contributed by atoms with Crippen molar-refractivity contribution in [2.24, 2.45) is 5.92 Å². The fourth-order valence-corrected chi connectivity index (χ4v) is 3.77. The Morgan fingerprint density at radius 3 is 1.64 bits per heavy atom. The van der Waals surface area contributed by atoms with Crippen molar-refractivity contribution < 1.29 is 58.6 Å². The molecule has 246 valence electrons. The quantitative estimate of drug-likeness (QED) is 0.0705. The van der Waals surface area contributed by atoms with Crippen LogP contribution in [0.3, 0.4) is 0 Å². The first-order valence-electron chi connectivity index (χ1n) is 13.3. The third-order valence-corrected chi connectivity index (χ3v) is 5.96. The summed E-state index contributed by atoms with van der Waals surface area (Å²) in [5, 5.41) is 49.5. The van der Waals surface area contributed by atoms with E-state index >= 15 is 0 Å². The van der Waals surface area contributed by atoms with Gasteiger partial charge in [-0.25, -0.2) is 0 Å². The van der Waals surface area contributed by atoms with Gasteiger partial charge in [-0.2, -0.15) is 0 Å². The molecule has 0 radical (unpaired) electrons. The molecule has 8 N–H and O–H groups in total. The molecule has 19 nitrogen and oxygen atoms in total. The molecule has 5 amide bonds. The molecule has 0 heterocycles. The van der Waals surface area contributed by atoms with Gasteiger partial charge in [0.05, 0.1) is 17.8 Å². The van der Waals surface area contributed by atoms with Crippen molar-refractivity contribution in [2.45, 2.75) is 70.6 Å². The molecule has 0 aromatic heterocycles. The Labute approximate surface area is 255 Å². The summed E-state index contributed by atoms with van der Waals surface area (Å²) in [4.78, 5) is 107. The Bertz CT molecular complexity index is 1300. The van der Waals surface area contributed by atoms with Gasteiger partial charge >= 0.3 is 17.9 Å². The highest BCUT2D eigenvalue weighted by atomic mass is 16.6. The summed E-state index contributed by atoms with van der Waals surface area (Å²) in [5.41, 5.74) is -0.217. The van der Waals surface area contributed by atoms with Crippen molar-refractivity contribution >= 4 is 58.8 Å². The van der Waals surface area contributed by atoms with Crippen LogP contribution in [0.5, 0.6) is 0 Å². The molecule has 0 spiro atoms. The van der Waals surface area contributed by atoms with Crippen LogP contribution in [0.15, 0.2) is 24.3 Å². The summed E-state index contributed by atoms with van der Waals surface area (Å²) in [6.45, 7) is 3.99. The fraction of sp³-hybridized carbons (Fsp3) is 0.462. The number of hydrogen-bond donors (Lipinski definition) is 8. The van der Waals surface area contributed by atoms with E-state index in [1.165, 1.54) is 26.0 Å². The number of benzene rings is 1. The average Bonchev–Trinajstić information content (AvgIpc) is 2.92. The van der Waals surface area contributed by atoms with E-state index in [9.17, 15) is 53.6 Å². The summed E-state index contributed by atoms with van der Waals surface area (Å²) in [5.74, 6) is -9.94. The number of aliphatic carboxylic acids is 3. The molecule has 1 rings (SSSR count). The highest BCUT2D eigenvalue weighted by Crippen LogP contribution is 2.16. The minimum absolute atomic E-state index is 0.0569. The van der Waals surface area contributed by atoms with Crippen LogP contribution in [-0.2, 0) is 38.4 Å². The summed E-state index contributed by atoms with van der Waals surface area (Å²) in [6, 6.07) is -1.82. The van der Waals surface area contributed by atoms with Crippen LogP contribution in [0, 0.1) is 16.0 Å². The van der Waals surface area contributed by atoms with E-state index in [1.807, 2.05) is 0 Å². The highest BCUT2D eigenvalue weighted by Gasteiger charge is 2.34. The predicted molar refractivity (Wildman–Crippen MR) is 151 cm³/mol. The Balaban J connectivity index is 3.16. The molecular weight excluding hydrogens is 604 g/mol. The number of hydrogen-bond acceptors (Lipinski definition) is 10. The first kappa shape index (κ1) is 37.4. The van der Waals surface area contributed by atoms with Gasteiger partial charge in [0.1, 0.15) is 24.2 Å². The van der Waals surface area contributed by atoms with Crippen LogP contribution in [-0.4, -0.2) is 91.9 Å². The number of nitrogens with zero attached hydrogens (tertiary/aromatic N) is 1. The van der Waals surface area contributed by atoms with E-state index < -0.39 is 108 Å². The van der Waals surface area contributed by atoms with Gasteiger partial charge < -0.3 is 41.9 Å². The number of anilines is 1. The molecule has 4 atom stereocenters. The number of carbonyl (C=O) groups excluding carboxylic acids is 5. The maximum absolute atomic E-state index is 13.2. The molecule has 0 aliphatic heterocycles. The first-order chi connectivity index (χ1) is 20.9. The molecule has 0 aliphatic carbocycles. The number of carbonyl (C=O) groups is 8. The smallest absolute Gasteiger partial charge is 0.305 e. The largest absolute Gasteiger partial charge is 0.481 e. The van der Waals surface area contributed by atoms with Crippen LogP contribution in [0.4, 0.5) is 11.4 Å². The van der Waals surface area contributed by atoms with Gasteiger partial charge in [-0.05, 0) is 24.5 Å². The SMILES string of the molecule is CC(=O)N[C@H](CC(=O)O)C(=O)N[C@@H](CCC(=O)O)C(=O)N[C@@H](C(=O)N[C@@H](CC(=O)O)C(=O)Nc1ccc([N+](=O)[O-])cc1)C(C)C. The van der Waals surface area contributed by atoms with Crippen LogP contribution in [0.25, 0.3) is 0 Å². The van der Waals surface area contributed by atoms with E-state index in [2.05, 4.69) is 26.6 Å². The van der Waals surface area contributed by atoms with Crippen molar-refractivity contribution in [3.05, 3.63) is 34.4 Å². The van der Waals surface area contributed by atoms with Crippen LogP contribution >= 0.6 is 0 Å². The molecule has 0 saturated carbocycles. The lowest BCUT2D eigenvalue weighted by Gasteiger charge is -2.27. The Morgan fingerprint density at radius 1 is 0.711 bits per heavy atom. The van der Waals surface area contributed by atoms with E-state index in [-0.39, 0.29) is 11.4 Å². The number of rotatable bonds is 18. The zero-order chi connectivity index (χ0) is 34.4. The molecule has 0 fully saturated rings. The second-order valence-corrected chi connectivity index (χ2v) is 10.0.